The Morgan fingerprint density at radius 1 is 1.23 bits per heavy atom. The zero-order chi connectivity index (χ0) is 28.4. The number of carbonyl (C=O) groups excluding carboxylic acids is 1. The molecule has 2 saturated heterocycles. The Bertz CT molecular complexity index is 1200. The van der Waals surface area contributed by atoms with E-state index in [1.54, 1.807) is 12.1 Å². The standard InChI is InChI=1S/C30H41BrFN5O3/c1-20-16-36(25(15-33-20)9-10-35-11-12-39-18-21(35)2)17-27(38)37-19-30(3,4)40-29-26(37)14-23(28(31)34-29)13-22-5-7-24(32)8-6-22/h5-8,14,20-21,25,33H,9-13,15-19H2,1-4H3/t20-,21-,25+/m1/s1. The molecule has 1 N–H and O–H groups in total. The first kappa shape index (κ1) is 29.4. The maximum absolute atomic E-state index is 14.0. The van der Waals surface area contributed by atoms with Crippen LogP contribution in [0.1, 0.15) is 45.2 Å². The lowest BCUT2D eigenvalue weighted by atomic mass is 10.0. The van der Waals surface area contributed by atoms with Crippen LogP contribution < -0.4 is 15.0 Å². The van der Waals surface area contributed by atoms with Crippen LogP contribution in [-0.2, 0) is 16.0 Å². The summed E-state index contributed by atoms with van der Waals surface area (Å²) in [6.07, 6.45) is 1.56. The quantitative estimate of drug-likeness (QED) is 0.473. The van der Waals surface area contributed by atoms with Crippen LogP contribution in [0.5, 0.6) is 5.88 Å². The summed E-state index contributed by atoms with van der Waals surface area (Å²) >= 11 is 3.59. The molecule has 4 heterocycles. The molecule has 1 amide bonds. The Morgan fingerprint density at radius 2 is 2.00 bits per heavy atom. The van der Waals surface area contributed by atoms with Gasteiger partial charge in [0.05, 0.1) is 26.3 Å². The molecule has 0 spiro atoms. The van der Waals surface area contributed by atoms with E-state index in [-0.39, 0.29) is 17.8 Å². The summed E-state index contributed by atoms with van der Waals surface area (Å²) in [5.41, 5.74) is 1.99. The number of anilines is 1. The fraction of sp³-hybridized carbons (Fsp3) is 0.600. The molecule has 218 valence electrons. The topological polar surface area (TPSA) is 70.2 Å². The lowest BCUT2D eigenvalue weighted by molar-refractivity contribution is -0.121. The molecule has 0 radical (unpaired) electrons. The van der Waals surface area contributed by atoms with Crippen LogP contribution in [0.4, 0.5) is 10.1 Å². The Kier molecular flexibility index (Phi) is 9.11. The maximum atomic E-state index is 14.0. The van der Waals surface area contributed by atoms with Crippen LogP contribution >= 0.6 is 15.9 Å². The first-order chi connectivity index (χ1) is 19.1. The molecule has 2 aromatic rings. The van der Waals surface area contributed by atoms with Crippen molar-refractivity contribution in [2.45, 2.75) is 64.3 Å². The van der Waals surface area contributed by atoms with Crippen LogP contribution in [0.15, 0.2) is 34.9 Å². The van der Waals surface area contributed by atoms with Crippen molar-refractivity contribution in [3.05, 3.63) is 51.9 Å². The molecular weight excluding hydrogens is 577 g/mol. The van der Waals surface area contributed by atoms with Crippen molar-refractivity contribution in [3.63, 3.8) is 0 Å². The van der Waals surface area contributed by atoms with Gasteiger partial charge >= 0.3 is 0 Å². The van der Waals surface area contributed by atoms with Crippen molar-refractivity contribution in [1.82, 2.24) is 20.1 Å². The minimum atomic E-state index is -0.573. The number of aromatic nitrogens is 1. The molecule has 3 aliphatic rings. The lowest BCUT2D eigenvalue weighted by Gasteiger charge is -2.43. The number of amides is 1. The number of ether oxygens (including phenoxy) is 2. The summed E-state index contributed by atoms with van der Waals surface area (Å²) < 4.78 is 25.9. The molecular formula is C30H41BrFN5O3. The molecule has 0 unspecified atom stereocenters. The zero-order valence-electron chi connectivity index (χ0n) is 24.0. The molecule has 3 atom stereocenters. The molecule has 5 rings (SSSR count). The number of fused-ring (bicyclic) bond motifs is 1. The number of nitrogens with zero attached hydrogens (tertiary/aromatic N) is 4. The van der Waals surface area contributed by atoms with Crippen LogP contribution in [0.2, 0.25) is 0 Å². The summed E-state index contributed by atoms with van der Waals surface area (Å²) in [6, 6.07) is 9.46. The molecule has 3 aliphatic heterocycles. The average molecular weight is 619 g/mol. The van der Waals surface area contributed by atoms with Gasteiger partial charge in [-0.15, -0.1) is 0 Å². The van der Waals surface area contributed by atoms with E-state index < -0.39 is 5.60 Å². The molecule has 0 saturated carbocycles. The normalized spacial score (nSPS) is 25.4. The highest BCUT2D eigenvalue weighted by molar-refractivity contribution is 9.10. The van der Waals surface area contributed by atoms with E-state index in [4.69, 9.17) is 14.5 Å². The van der Waals surface area contributed by atoms with Gasteiger partial charge in [-0.05, 0) is 79.4 Å². The maximum Gasteiger partial charge on any atom is 0.241 e. The molecule has 2 fully saturated rings. The average Bonchev–Trinajstić information content (AvgIpc) is 2.90. The van der Waals surface area contributed by atoms with E-state index in [1.165, 1.54) is 12.1 Å². The number of carbonyl (C=O) groups is 1. The molecule has 0 bridgehead atoms. The van der Waals surface area contributed by atoms with E-state index in [2.05, 4.69) is 44.9 Å². The van der Waals surface area contributed by atoms with Crippen LogP contribution in [0, 0.1) is 5.82 Å². The molecule has 1 aromatic heterocycles. The molecule has 40 heavy (non-hydrogen) atoms. The summed E-state index contributed by atoms with van der Waals surface area (Å²) in [5, 5.41) is 3.61. The number of pyridine rings is 1. The van der Waals surface area contributed by atoms with Crippen LogP contribution in [0.3, 0.4) is 0 Å². The monoisotopic (exact) mass is 617 g/mol. The van der Waals surface area contributed by atoms with Gasteiger partial charge in [-0.1, -0.05) is 12.1 Å². The second-order valence-corrected chi connectivity index (χ2v) is 12.8. The van der Waals surface area contributed by atoms with Crippen molar-refractivity contribution in [3.8, 4) is 5.88 Å². The Morgan fingerprint density at radius 3 is 2.75 bits per heavy atom. The fourth-order valence-corrected chi connectivity index (χ4v) is 6.29. The number of morpholine rings is 1. The Labute approximate surface area is 245 Å². The van der Waals surface area contributed by atoms with Gasteiger partial charge in [-0.2, -0.15) is 0 Å². The third-order valence-electron chi connectivity index (χ3n) is 8.13. The fourth-order valence-electron chi connectivity index (χ4n) is 5.88. The summed E-state index contributed by atoms with van der Waals surface area (Å²) in [7, 11) is 0. The van der Waals surface area contributed by atoms with Gasteiger partial charge < -0.3 is 19.7 Å². The number of piperazine rings is 1. The van der Waals surface area contributed by atoms with Crippen molar-refractivity contribution >= 4 is 27.5 Å². The van der Waals surface area contributed by atoms with Gasteiger partial charge in [0.1, 0.15) is 21.7 Å². The largest absolute Gasteiger partial charge is 0.468 e. The molecule has 8 nitrogen and oxygen atoms in total. The summed E-state index contributed by atoms with van der Waals surface area (Å²) in [5.74, 6) is 0.234. The Balaban J connectivity index is 1.34. The van der Waals surface area contributed by atoms with Crippen LogP contribution in [0.25, 0.3) is 0 Å². The number of benzene rings is 1. The lowest BCUT2D eigenvalue weighted by Crippen LogP contribution is -2.60. The molecule has 1 aromatic carbocycles. The third kappa shape index (κ3) is 7.02. The predicted octanol–water partition coefficient (Wildman–Crippen LogP) is 3.85. The van der Waals surface area contributed by atoms with E-state index >= 15 is 0 Å². The predicted molar refractivity (Wildman–Crippen MR) is 157 cm³/mol. The van der Waals surface area contributed by atoms with Crippen molar-refractivity contribution in [2.24, 2.45) is 0 Å². The van der Waals surface area contributed by atoms with Crippen molar-refractivity contribution in [2.75, 3.05) is 57.4 Å². The third-order valence-corrected chi connectivity index (χ3v) is 8.81. The van der Waals surface area contributed by atoms with Gasteiger partial charge in [0.25, 0.3) is 0 Å². The number of halogens is 2. The number of hydrogen-bond acceptors (Lipinski definition) is 7. The van der Waals surface area contributed by atoms with Gasteiger partial charge in [0, 0.05) is 50.7 Å². The molecule has 0 aliphatic carbocycles. The van der Waals surface area contributed by atoms with Gasteiger partial charge in [-0.25, -0.2) is 9.37 Å². The first-order valence-corrected chi connectivity index (χ1v) is 15.1. The van der Waals surface area contributed by atoms with Crippen LogP contribution in [-0.4, -0.2) is 96.9 Å². The number of nitrogens with one attached hydrogen (secondary N) is 1. The highest BCUT2D eigenvalue weighted by Gasteiger charge is 2.38. The number of rotatable bonds is 7. The highest BCUT2D eigenvalue weighted by Crippen LogP contribution is 2.39. The minimum absolute atomic E-state index is 0.0494. The van der Waals surface area contributed by atoms with Gasteiger partial charge in [-0.3, -0.25) is 14.6 Å². The second-order valence-electron chi connectivity index (χ2n) is 12.0. The van der Waals surface area contributed by atoms with E-state index in [9.17, 15) is 9.18 Å². The highest BCUT2D eigenvalue weighted by atomic mass is 79.9. The second kappa shape index (κ2) is 12.4. The number of hydrogen-bond donors (Lipinski definition) is 1. The Hall–Kier alpha value is -2.11. The van der Waals surface area contributed by atoms with E-state index in [0.29, 0.717) is 47.8 Å². The van der Waals surface area contributed by atoms with Crippen molar-refractivity contribution in [1.29, 1.82) is 0 Å². The van der Waals surface area contributed by atoms with Crippen molar-refractivity contribution < 1.29 is 18.7 Å². The van der Waals surface area contributed by atoms with Gasteiger partial charge in [0.15, 0.2) is 0 Å². The first-order valence-electron chi connectivity index (χ1n) is 14.3. The molecule has 10 heteroatoms. The zero-order valence-corrected chi connectivity index (χ0v) is 25.5. The van der Waals surface area contributed by atoms with E-state index in [1.807, 2.05) is 24.8 Å². The minimum Gasteiger partial charge on any atom is -0.468 e. The smallest absolute Gasteiger partial charge is 0.241 e. The van der Waals surface area contributed by atoms with Gasteiger partial charge in [0.2, 0.25) is 11.8 Å². The summed E-state index contributed by atoms with van der Waals surface area (Å²) in [4.78, 5) is 25.4. The van der Waals surface area contributed by atoms with E-state index in [0.717, 1.165) is 56.9 Å². The summed E-state index contributed by atoms with van der Waals surface area (Å²) in [6.45, 7) is 14.3. The SMILES string of the molecule is C[C@@H]1CN(CC(=O)N2CC(C)(C)Oc3nc(Br)c(Cc4ccc(F)cc4)cc32)[C@@H](CCN2CCOC[C@H]2C)CN1.